The van der Waals surface area contributed by atoms with Crippen LogP contribution in [0.4, 0.5) is 0 Å². The second-order valence-corrected chi connectivity index (χ2v) is 4.85. The van der Waals surface area contributed by atoms with Crippen molar-refractivity contribution in [1.29, 1.82) is 0 Å². The Bertz CT molecular complexity index is 188. The van der Waals surface area contributed by atoms with Crippen molar-refractivity contribution >= 4 is 28.8 Å². The highest BCUT2D eigenvalue weighted by Crippen LogP contribution is 2.33. The molecule has 1 heterocycles. The van der Waals surface area contributed by atoms with Gasteiger partial charge in [0.05, 0.1) is 22.9 Å². The number of likely N-dealkylation sites (tertiary alicyclic amines) is 1. The molecule has 1 aliphatic rings. The molecular formula is C9H17IN2O. The van der Waals surface area contributed by atoms with Gasteiger partial charge in [0.15, 0.2) is 0 Å². The number of hydrogen-bond donors (Lipinski definition) is 1. The van der Waals surface area contributed by atoms with E-state index >= 15 is 0 Å². The maximum atomic E-state index is 11.2. The van der Waals surface area contributed by atoms with Crippen LogP contribution in [0.1, 0.15) is 26.2 Å². The molecule has 0 atom stereocenters. The zero-order chi connectivity index (χ0) is 9.90. The molecule has 4 heteroatoms. The molecule has 0 aliphatic carbocycles. The monoisotopic (exact) mass is 296 g/mol. The minimum absolute atomic E-state index is 0.160. The van der Waals surface area contributed by atoms with E-state index in [1.54, 1.807) is 0 Å². The first-order valence-electron chi connectivity index (χ1n) is 4.64. The molecule has 0 bridgehead atoms. The zero-order valence-corrected chi connectivity index (χ0v) is 10.4. The Balaban J connectivity index is 2.43. The predicted octanol–water partition coefficient (Wildman–Crippen LogP) is 1.57. The molecule has 3 nitrogen and oxygen atoms in total. The summed E-state index contributed by atoms with van der Waals surface area (Å²) in [6.07, 6.45) is 2.94. The van der Waals surface area contributed by atoms with Crippen LogP contribution in [0.5, 0.6) is 0 Å². The molecule has 0 spiro atoms. The van der Waals surface area contributed by atoms with Gasteiger partial charge in [0.1, 0.15) is 0 Å². The quantitative estimate of drug-likeness (QED) is 0.620. The summed E-state index contributed by atoms with van der Waals surface area (Å²) in [5, 5.41) is 0. The Morgan fingerprint density at radius 1 is 1.54 bits per heavy atom. The van der Waals surface area contributed by atoms with Crippen molar-refractivity contribution in [1.82, 2.24) is 8.43 Å². The minimum atomic E-state index is 0.160. The molecule has 1 amide bonds. The normalized spacial score (nSPS) is 22.7. The summed E-state index contributed by atoms with van der Waals surface area (Å²) in [5.41, 5.74) is 0.224. The van der Waals surface area contributed by atoms with Crippen LogP contribution < -0.4 is 3.53 Å². The molecule has 1 N–H and O–H groups in total. The Morgan fingerprint density at radius 2 is 2.08 bits per heavy atom. The van der Waals surface area contributed by atoms with E-state index in [1.807, 2.05) is 22.9 Å². The van der Waals surface area contributed by atoms with Gasteiger partial charge in [-0.05, 0) is 38.4 Å². The van der Waals surface area contributed by atoms with E-state index in [2.05, 4.69) is 22.4 Å². The van der Waals surface area contributed by atoms with Gasteiger partial charge in [0.2, 0.25) is 5.91 Å². The molecule has 1 aliphatic heterocycles. The highest BCUT2D eigenvalue weighted by molar-refractivity contribution is 14.1. The number of carbonyl (C=O) groups excluding carboxylic acids is 1. The molecule has 0 radical (unpaired) electrons. The molecule has 1 rings (SSSR count). The van der Waals surface area contributed by atoms with Crippen LogP contribution in [-0.2, 0) is 4.79 Å². The van der Waals surface area contributed by atoms with E-state index in [-0.39, 0.29) is 11.3 Å². The van der Waals surface area contributed by atoms with E-state index in [9.17, 15) is 4.79 Å². The van der Waals surface area contributed by atoms with Crippen molar-refractivity contribution in [3.8, 4) is 0 Å². The van der Waals surface area contributed by atoms with E-state index in [1.165, 1.54) is 0 Å². The number of hydrogen-bond acceptors (Lipinski definition) is 2. The molecular weight excluding hydrogens is 279 g/mol. The Kier molecular flexibility index (Phi) is 3.97. The third kappa shape index (κ3) is 3.42. The highest BCUT2D eigenvalue weighted by Gasteiger charge is 2.30. The number of halogens is 1. The second-order valence-electron chi connectivity index (χ2n) is 4.31. The molecule has 13 heavy (non-hydrogen) atoms. The van der Waals surface area contributed by atoms with Crippen molar-refractivity contribution in [3.05, 3.63) is 0 Å². The summed E-state index contributed by atoms with van der Waals surface area (Å²) >= 11 is 1.91. The average molecular weight is 296 g/mol. The van der Waals surface area contributed by atoms with Crippen molar-refractivity contribution in [2.45, 2.75) is 26.2 Å². The molecule has 1 saturated heterocycles. The van der Waals surface area contributed by atoms with Gasteiger partial charge >= 0.3 is 0 Å². The summed E-state index contributed by atoms with van der Waals surface area (Å²) in [6, 6.07) is 0. The lowest BCUT2D eigenvalue weighted by molar-refractivity contribution is -0.121. The molecule has 0 unspecified atom stereocenters. The number of nitrogens with zero attached hydrogens (tertiary/aromatic N) is 1. The fourth-order valence-electron chi connectivity index (χ4n) is 1.76. The minimum Gasteiger partial charge on any atom is -0.306 e. The van der Waals surface area contributed by atoms with E-state index < -0.39 is 0 Å². The van der Waals surface area contributed by atoms with Gasteiger partial charge in [-0.15, -0.1) is 0 Å². The molecule has 0 saturated carbocycles. The fourth-order valence-corrected chi connectivity index (χ4v) is 1.95. The molecule has 0 aromatic rings. The fraction of sp³-hybridized carbons (Fsp3) is 0.889. The summed E-state index contributed by atoms with van der Waals surface area (Å²) in [6.45, 7) is 4.45. The number of rotatable bonds is 2. The van der Waals surface area contributed by atoms with Crippen LogP contribution in [0, 0.1) is 5.41 Å². The summed E-state index contributed by atoms with van der Waals surface area (Å²) in [4.78, 5) is 13.6. The molecule has 0 aromatic carbocycles. The van der Waals surface area contributed by atoms with Crippen LogP contribution >= 0.6 is 22.9 Å². The SMILES string of the molecule is CN1CCC(C)(CC(=O)NI)CC1. The maximum Gasteiger partial charge on any atom is 0.229 e. The number of piperidine rings is 1. The Labute approximate surface area is 93.7 Å². The topological polar surface area (TPSA) is 32.3 Å². The van der Waals surface area contributed by atoms with Gasteiger partial charge in [-0.25, -0.2) is 0 Å². The average Bonchev–Trinajstić information content (AvgIpc) is 2.10. The summed E-state index contributed by atoms with van der Waals surface area (Å²) in [5.74, 6) is 0.160. The Hall–Kier alpha value is 0.160. The van der Waals surface area contributed by atoms with Crippen LogP contribution in [0.15, 0.2) is 0 Å². The smallest absolute Gasteiger partial charge is 0.229 e. The van der Waals surface area contributed by atoms with Crippen molar-refractivity contribution in [2.24, 2.45) is 5.41 Å². The molecule has 1 fully saturated rings. The number of nitrogens with one attached hydrogen (secondary N) is 1. The van der Waals surface area contributed by atoms with Crippen molar-refractivity contribution < 1.29 is 4.79 Å². The highest BCUT2D eigenvalue weighted by atomic mass is 127. The zero-order valence-electron chi connectivity index (χ0n) is 8.27. The lowest BCUT2D eigenvalue weighted by atomic mass is 9.77. The van der Waals surface area contributed by atoms with Gasteiger partial charge in [-0.2, -0.15) is 0 Å². The van der Waals surface area contributed by atoms with E-state index in [4.69, 9.17) is 0 Å². The largest absolute Gasteiger partial charge is 0.306 e. The van der Waals surface area contributed by atoms with Gasteiger partial charge in [0.25, 0.3) is 0 Å². The van der Waals surface area contributed by atoms with Crippen molar-refractivity contribution in [3.63, 3.8) is 0 Å². The lowest BCUT2D eigenvalue weighted by Gasteiger charge is -2.37. The lowest BCUT2D eigenvalue weighted by Crippen LogP contribution is -2.38. The van der Waals surface area contributed by atoms with Crippen LogP contribution in [-0.4, -0.2) is 30.9 Å². The van der Waals surface area contributed by atoms with Gasteiger partial charge in [-0.3, -0.25) is 8.32 Å². The van der Waals surface area contributed by atoms with Gasteiger partial charge in [-0.1, -0.05) is 6.92 Å². The third-order valence-corrected chi connectivity index (χ3v) is 3.49. The van der Waals surface area contributed by atoms with Crippen molar-refractivity contribution in [2.75, 3.05) is 20.1 Å². The standard InChI is InChI=1S/C9H17IN2O/c1-9(7-8(13)11-10)3-5-12(2)6-4-9/h3-7H2,1-2H3,(H,11,13). The van der Waals surface area contributed by atoms with Gasteiger partial charge < -0.3 is 4.90 Å². The van der Waals surface area contributed by atoms with E-state index in [0.29, 0.717) is 6.42 Å². The molecule has 0 aromatic heterocycles. The maximum absolute atomic E-state index is 11.2. The summed E-state index contributed by atoms with van der Waals surface area (Å²) in [7, 11) is 2.14. The predicted molar refractivity (Wildman–Crippen MR) is 61.6 cm³/mol. The molecule has 76 valence electrons. The Morgan fingerprint density at radius 3 is 2.54 bits per heavy atom. The number of amides is 1. The number of carbonyl (C=O) groups is 1. The first kappa shape index (κ1) is 11.2. The van der Waals surface area contributed by atoms with Gasteiger partial charge in [0, 0.05) is 6.42 Å². The first-order chi connectivity index (χ1) is 6.06. The van der Waals surface area contributed by atoms with Crippen LogP contribution in [0.2, 0.25) is 0 Å². The van der Waals surface area contributed by atoms with Crippen LogP contribution in [0.3, 0.4) is 0 Å². The van der Waals surface area contributed by atoms with E-state index in [0.717, 1.165) is 25.9 Å². The summed E-state index contributed by atoms with van der Waals surface area (Å²) < 4.78 is 2.67. The van der Waals surface area contributed by atoms with Crippen LogP contribution in [0.25, 0.3) is 0 Å². The first-order valence-corrected chi connectivity index (χ1v) is 5.72. The third-order valence-electron chi connectivity index (χ3n) is 2.89. The second kappa shape index (κ2) is 4.59.